The van der Waals surface area contributed by atoms with Gasteiger partial charge in [-0.25, -0.2) is 0 Å². The number of anilines is 2. The quantitative estimate of drug-likeness (QED) is 0.0418. The van der Waals surface area contributed by atoms with Crippen LogP contribution in [0.3, 0.4) is 0 Å². The van der Waals surface area contributed by atoms with E-state index in [0.29, 0.717) is 21.8 Å². The van der Waals surface area contributed by atoms with Gasteiger partial charge in [0, 0.05) is 45.1 Å². The second-order valence-electron chi connectivity index (χ2n) is 15.8. The average molecular weight is 1080 g/mol. The van der Waals surface area contributed by atoms with E-state index in [4.69, 9.17) is 0 Å². The van der Waals surface area contributed by atoms with Crippen LogP contribution in [0, 0.1) is 0 Å². The van der Waals surface area contributed by atoms with Gasteiger partial charge in [-0.15, -0.1) is 20.5 Å². The zero-order chi connectivity index (χ0) is 53.1. The minimum absolute atomic E-state index is 0.103. The zero-order valence-corrected chi connectivity index (χ0v) is 40.0. The lowest BCUT2D eigenvalue weighted by molar-refractivity contribution is 0.101. The van der Waals surface area contributed by atoms with Gasteiger partial charge in [0.05, 0.1) is 32.2 Å². The van der Waals surface area contributed by atoms with Crippen LogP contribution >= 0.6 is 0 Å². The Morgan fingerprint density at radius 1 is 0.432 bits per heavy atom. The molecule has 28 heteroatoms. The van der Waals surface area contributed by atoms with E-state index >= 15 is 0 Å². The van der Waals surface area contributed by atoms with Gasteiger partial charge in [0.1, 0.15) is 32.5 Å². The largest absolute Gasteiger partial charge is 0.505 e. The summed E-state index contributed by atoms with van der Waals surface area (Å²) >= 11 is 0. The average Bonchev–Trinajstić information content (AvgIpc) is 3.34. The van der Waals surface area contributed by atoms with Crippen LogP contribution in [0.5, 0.6) is 11.5 Å². The van der Waals surface area contributed by atoms with Crippen LogP contribution in [-0.2, 0) is 40.5 Å². The standard InChI is InChI=1S/C46H30N8O16S4/c55-43-37-27(19-35(73(65,66)67)41(43)53-51-31-9-1-5-23-7-3-15-47-39(23)31)17-29(71(59,60)61)21-33(37)49-45(57)25-11-13-26(14-12-25)46(58)50-34-22-30(72(62,63)64)18-28-20-36(74(68,69)70)42(44(56)38(28)34)54-52-32-10-2-6-24-8-4-16-48-40(24)32/h1-22,55-56H,(H,49,57)(H,50,58)(H,59,60,61)(H,62,63,64)(H,65,66,67)(H,68,69,70). The molecule has 0 aliphatic heterocycles. The second-order valence-corrected chi connectivity index (χ2v) is 21.4. The first-order chi connectivity index (χ1) is 34.9. The summed E-state index contributed by atoms with van der Waals surface area (Å²) in [4.78, 5) is 32.2. The summed E-state index contributed by atoms with van der Waals surface area (Å²) in [6.07, 6.45) is 2.91. The minimum atomic E-state index is -5.25. The third-order valence-electron chi connectivity index (χ3n) is 11.0. The lowest BCUT2D eigenvalue weighted by Gasteiger charge is -2.15. The number of pyridine rings is 2. The first-order valence-electron chi connectivity index (χ1n) is 20.7. The number of phenolic OH excluding ortho intramolecular Hbond substituents is 2. The fraction of sp³-hybridized carbons (Fsp3) is 0. The van der Waals surface area contributed by atoms with Gasteiger partial charge in [0.25, 0.3) is 52.3 Å². The van der Waals surface area contributed by atoms with Crippen molar-refractivity contribution in [3.8, 4) is 11.5 Å². The fourth-order valence-corrected chi connectivity index (χ4v) is 10.1. The SMILES string of the molecule is O=C(Nc1cc(S(=O)(=O)O)cc2cc(S(=O)(=O)O)c(N=Nc3cccc4cccnc34)c(O)c12)c1ccc(C(=O)Nc2cc(S(=O)(=O)O)cc3cc(S(=O)(=O)O)c(N=Nc4cccc5cccnc45)c(O)c23)cc1. The van der Waals surface area contributed by atoms with Crippen molar-refractivity contribution < 1.29 is 71.7 Å². The molecule has 9 rings (SSSR count). The van der Waals surface area contributed by atoms with Crippen LogP contribution in [0.4, 0.5) is 34.1 Å². The molecular formula is C46H30N8O16S4. The van der Waals surface area contributed by atoms with E-state index in [9.17, 15) is 71.7 Å². The van der Waals surface area contributed by atoms with Crippen LogP contribution in [0.15, 0.2) is 174 Å². The van der Waals surface area contributed by atoms with Gasteiger partial charge in [-0.1, -0.05) is 36.4 Å². The Hall–Kier alpha value is -8.74. The molecule has 0 bridgehead atoms. The molecule has 9 aromatic rings. The van der Waals surface area contributed by atoms with Crippen molar-refractivity contribution in [1.82, 2.24) is 9.97 Å². The highest BCUT2D eigenvalue weighted by Crippen LogP contribution is 2.47. The van der Waals surface area contributed by atoms with Crippen LogP contribution < -0.4 is 10.6 Å². The Bertz CT molecular complexity index is 4150. The van der Waals surface area contributed by atoms with Gasteiger partial charge in [0.2, 0.25) is 0 Å². The van der Waals surface area contributed by atoms with Crippen molar-refractivity contribution in [2.75, 3.05) is 10.6 Å². The number of rotatable bonds is 12. The molecule has 0 unspecified atom stereocenters. The number of hydrogen-bond donors (Lipinski definition) is 8. The Kier molecular flexibility index (Phi) is 12.7. The lowest BCUT2D eigenvalue weighted by atomic mass is 10.0. The number of nitrogens with zero attached hydrogens (tertiary/aromatic N) is 6. The molecule has 2 heterocycles. The van der Waals surface area contributed by atoms with E-state index < -0.39 is 128 Å². The summed E-state index contributed by atoms with van der Waals surface area (Å²) in [7, 11) is -20.7. The summed E-state index contributed by atoms with van der Waals surface area (Å²) in [5, 5.41) is 43.3. The lowest BCUT2D eigenvalue weighted by Crippen LogP contribution is -2.15. The Balaban J connectivity index is 1.07. The van der Waals surface area contributed by atoms with Crippen molar-refractivity contribution in [3.63, 3.8) is 0 Å². The van der Waals surface area contributed by atoms with E-state index in [-0.39, 0.29) is 22.5 Å². The number of carbonyl (C=O) groups is 2. The van der Waals surface area contributed by atoms with Gasteiger partial charge in [0.15, 0.2) is 11.5 Å². The summed E-state index contributed by atoms with van der Waals surface area (Å²) in [6.45, 7) is 0. The number of phenols is 2. The summed E-state index contributed by atoms with van der Waals surface area (Å²) in [5.41, 5.74) is -2.44. The monoisotopic (exact) mass is 1080 g/mol. The molecule has 0 spiro atoms. The predicted octanol–water partition coefficient (Wildman–Crippen LogP) is 8.82. The molecule has 0 radical (unpaired) electrons. The number of para-hydroxylation sites is 2. The maximum Gasteiger partial charge on any atom is 0.296 e. The molecule has 374 valence electrons. The van der Waals surface area contributed by atoms with Gasteiger partial charge in [-0.05, 0) is 95.7 Å². The van der Waals surface area contributed by atoms with Crippen molar-refractivity contribution in [3.05, 3.63) is 145 Å². The van der Waals surface area contributed by atoms with Crippen molar-refractivity contribution in [1.29, 1.82) is 0 Å². The molecule has 0 atom stereocenters. The summed E-state index contributed by atoms with van der Waals surface area (Å²) in [6, 6.07) is 24.9. The zero-order valence-electron chi connectivity index (χ0n) is 36.8. The topological polar surface area (TPSA) is 391 Å². The van der Waals surface area contributed by atoms with Crippen LogP contribution in [-0.4, -0.2) is 83.9 Å². The first kappa shape index (κ1) is 50.2. The third-order valence-corrected chi connectivity index (χ3v) is 14.4. The van der Waals surface area contributed by atoms with E-state index in [1.165, 1.54) is 24.5 Å². The molecule has 24 nitrogen and oxygen atoms in total. The van der Waals surface area contributed by atoms with Crippen LogP contribution in [0.1, 0.15) is 20.7 Å². The van der Waals surface area contributed by atoms with Crippen LogP contribution in [0.25, 0.3) is 43.4 Å². The van der Waals surface area contributed by atoms with Gasteiger partial charge >= 0.3 is 0 Å². The summed E-state index contributed by atoms with van der Waals surface area (Å²) in [5.74, 6) is -4.17. The molecule has 74 heavy (non-hydrogen) atoms. The molecule has 2 amide bonds. The molecule has 7 aromatic carbocycles. The first-order valence-corrected chi connectivity index (χ1v) is 26.4. The Morgan fingerprint density at radius 2 is 0.797 bits per heavy atom. The van der Waals surface area contributed by atoms with Crippen molar-refractivity contribution in [2.24, 2.45) is 20.5 Å². The highest BCUT2D eigenvalue weighted by atomic mass is 32.2. The number of fused-ring (bicyclic) bond motifs is 4. The predicted molar refractivity (Wildman–Crippen MR) is 265 cm³/mol. The number of benzene rings is 7. The molecular weight excluding hydrogens is 1050 g/mol. The minimum Gasteiger partial charge on any atom is -0.505 e. The molecule has 0 aliphatic rings. The van der Waals surface area contributed by atoms with E-state index in [1.807, 2.05) is 0 Å². The normalized spacial score (nSPS) is 12.6. The molecule has 0 saturated carbocycles. The molecule has 0 fully saturated rings. The highest BCUT2D eigenvalue weighted by Gasteiger charge is 2.28. The van der Waals surface area contributed by atoms with Crippen molar-refractivity contribution >= 4 is 130 Å². The van der Waals surface area contributed by atoms with E-state index in [2.05, 4.69) is 41.1 Å². The molecule has 0 saturated heterocycles. The van der Waals surface area contributed by atoms with Crippen LogP contribution in [0.2, 0.25) is 0 Å². The number of aromatic nitrogens is 2. The number of hydrogen-bond acceptors (Lipinski definition) is 18. The summed E-state index contributed by atoms with van der Waals surface area (Å²) < 4.78 is 141. The van der Waals surface area contributed by atoms with Gasteiger partial charge < -0.3 is 20.8 Å². The highest BCUT2D eigenvalue weighted by molar-refractivity contribution is 7.86. The number of aromatic hydroxyl groups is 2. The molecule has 0 aliphatic carbocycles. The van der Waals surface area contributed by atoms with Gasteiger partial charge in [-0.3, -0.25) is 37.8 Å². The smallest absolute Gasteiger partial charge is 0.296 e. The number of carbonyl (C=O) groups excluding carboxylic acids is 2. The molecule has 8 N–H and O–H groups in total. The maximum absolute atomic E-state index is 13.8. The Labute approximate surface area is 416 Å². The second kappa shape index (κ2) is 18.7. The number of amides is 2. The van der Waals surface area contributed by atoms with E-state index in [1.54, 1.807) is 48.5 Å². The molecule has 2 aromatic heterocycles. The third kappa shape index (κ3) is 9.92. The number of azo groups is 2. The Morgan fingerprint density at radius 3 is 1.15 bits per heavy atom. The van der Waals surface area contributed by atoms with E-state index in [0.717, 1.165) is 60.7 Å². The number of nitrogens with one attached hydrogen (secondary N) is 2. The fourth-order valence-electron chi connectivity index (χ4n) is 7.71. The van der Waals surface area contributed by atoms with Gasteiger partial charge in [-0.2, -0.15) is 33.7 Å². The maximum atomic E-state index is 13.8. The van der Waals surface area contributed by atoms with Crippen molar-refractivity contribution in [2.45, 2.75) is 19.6 Å².